The third-order valence-corrected chi connectivity index (χ3v) is 13.6. The van der Waals surface area contributed by atoms with Gasteiger partial charge in [-0.25, -0.2) is 9.37 Å². The smallest absolute Gasteiger partial charge is 0.123 e. The first kappa shape index (κ1) is 41.1. The molecule has 293 valence electrons. The van der Waals surface area contributed by atoms with E-state index >= 15 is 0 Å². The molecule has 4 nitrogen and oxygen atoms in total. The maximum absolute atomic E-state index is 13.5. The van der Waals surface area contributed by atoms with E-state index in [-0.39, 0.29) is 25.9 Å². The Morgan fingerprint density at radius 1 is 0.672 bits per heavy atom. The molecule has 0 aliphatic carbocycles. The van der Waals surface area contributed by atoms with Crippen LogP contribution in [0.15, 0.2) is 134 Å². The van der Waals surface area contributed by atoms with Crippen molar-refractivity contribution in [1.29, 1.82) is 0 Å². The summed E-state index contributed by atoms with van der Waals surface area (Å²) in [7, 11) is -1.23. The molecule has 9 rings (SSSR count). The Kier molecular flexibility index (Phi) is 12.0. The van der Waals surface area contributed by atoms with E-state index in [1.807, 2.05) is 48.7 Å². The third kappa shape index (κ3) is 8.12. The summed E-state index contributed by atoms with van der Waals surface area (Å²) in [6, 6.07) is 48.8. The summed E-state index contributed by atoms with van der Waals surface area (Å²) in [4.78, 5) is 15.7. The van der Waals surface area contributed by atoms with Gasteiger partial charge in [0.25, 0.3) is 0 Å². The quantitative estimate of drug-likeness (QED) is 0.118. The number of nitrogens with zero attached hydrogens (tertiary/aromatic N) is 4. The number of hydrogen-bond acceptors (Lipinski definition) is 4. The van der Waals surface area contributed by atoms with Gasteiger partial charge >= 0.3 is 0 Å². The van der Waals surface area contributed by atoms with E-state index in [1.165, 1.54) is 34.1 Å². The second-order valence-electron chi connectivity index (χ2n) is 16.1. The molecule has 8 heteroatoms. The predicted molar refractivity (Wildman–Crippen MR) is 241 cm³/mol. The molecule has 0 amide bonds. The Balaban J connectivity index is 0.000000254. The molecule has 0 bridgehead atoms. The van der Waals surface area contributed by atoms with Crippen molar-refractivity contribution < 1.29 is 24.5 Å². The van der Waals surface area contributed by atoms with Gasteiger partial charge in [-0.15, -0.1) is 54.1 Å². The van der Waals surface area contributed by atoms with Crippen LogP contribution >= 0.6 is 11.3 Å². The second kappa shape index (κ2) is 17.0. The Labute approximate surface area is 359 Å². The average Bonchev–Trinajstić information content (AvgIpc) is 3.79. The first-order chi connectivity index (χ1) is 27.5. The summed E-state index contributed by atoms with van der Waals surface area (Å²) in [6.07, 6.45) is 2.02. The molecule has 4 aromatic heterocycles. The fraction of sp³-hybridized carbons (Fsp3) is 0.180. The number of rotatable bonds is 7. The summed E-state index contributed by atoms with van der Waals surface area (Å²) in [6.45, 7) is 16.0. The van der Waals surface area contributed by atoms with Crippen LogP contribution < -0.4 is 5.19 Å². The van der Waals surface area contributed by atoms with Crippen LogP contribution in [0.1, 0.15) is 50.7 Å². The van der Waals surface area contributed by atoms with E-state index in [0.29, 0.717) is 11.8 Å². The summed E-state index contributed by atoms with van der Waals surface area (Å²) < 4.78 is 17.0. The Morgan fingerprint density at radius 3 is 2.03 bits per heavy atom. The van der Waals surface area contributed by atoms with Gasteiger partial charge in [0.15, 0.2) is 0 Å². The fourth-order valence-corrected chi connectivity index (χ4v) is 9.51. The van der Waals surface area contributed by atoms with Gasteiger partial charge in [-0.3, -0.25) is 4.98 Å². The first-order valence-electron chi connectivity index (χ1n) is 19.5. The molecule has 0 aliphatic heterocycles. The van der Waals surface area contributed by atoms with Crippen LogP contribution in [-0.4, -0.2) is 27.6 Å². The van der Waals surface area contributed by atoms with Crippen molar-refractivity contribution in [3.05, 3.63) is 163 Å². The predicted octanol–water partition coefficient (Wildman–Crippen LogP) is 13.4. The number of imidazole rings is 1. The monoisotopic (exact) mass is 973 g/mol. The minimum atomic E-state index is -1.23. The molecule has 9 aromatic rings. The minimum absolute atomic E-state index is 0. The van der Waals surface area contributed by atoms with Crippen LogP contribution in [0.25, 0.3) is 70.9 Å². The zero-order valence-corrected chi connectivity index (χ0v) is 38.0. The fourth-order valence-electron chi connectivity index (χ4n) is 7.31. The molecule has 58 heavy (non-hydrogen) atoms. The largest absolute Gasteiger partial charge is 0.333 e. The standard InChI is InChI=1S/C36H29FN3S.C14H16NSi.Ir/c1-21(2)25-9-7-10-26(22(3)4)33(25)40-32-14-6-5-13-31(32)38-35(40)29-12-8-11-27-28-19-20-30(39-36(28)41-34(27)29)23-15-17-24(37)18-16-23;1-16(2,3)13-9-10-14(15-11-13)12-7-5-4-6-8-12;/h5-11,13-22H,1-4H3;4-7,9-11H,1-3H3;/q2*-1;. The van der Waals surface area contributed by atoms with Crippen molar-refractivity contribution in [3.63, 3.8) is 0 Å². The molecule has 5 aromatic carbocycles. The van der Waals surface area contributed by atoms with E-state index in [2.05, 4.69) is 130 Å². The Morgan fingerprint density at radius 2 is 1.38 bits per heavy atom. The van der Waals surface area contributed by atoms with E-state index in [0.717, 1.165) is 65.2 Å². The molecule has 0 atom stereocenters. The van der Waals surface area contributed by atoms with Crippen molar-refractivity contribution in [2.24, 2.45) is 0 Å². The van der Waals surface area contributed by atoms with Crippen molar-refractivity contribution >= 4 is 55.9 Å². The van der Waals surface area contributed by atoms with Gasteiger partial charge in [0.05, 0.1) is 30.6 Å². The molecular weight excluding hydrogens is 928 g/mol. The molecular formula is C50H45FIrN4SSi-2. The summed E-state index contributed by atoms with van der Waals surface area (Å²) in [5, 5.41) is 3.63. The van der Waals surface area contributed by atoms with Gasteiger partial charge in [-0.1, -0.05) is 107 Å². The summed E-state index contributed by atoms with van der Waals surface area (Å²) >= 11 is 1.66. The van der Waals surface area contributed by atoms with E-state index in [4.69, 9.17) is 9.97 Å². The topological polar surface area (TPSA) is 43.6 Å². The van der Waals surface area contributed by atoms with Gasteiger partial charge < -0.3 is 9.55 Å². The van der Waals surface area contributed by atoms with Crippen molar-refractivity contribution in [2.75, 3.05) is 0 Å². The molecule has 1 radical (unpaired) electrons. The number of hydrogen-bond donors (Lipinski definition) is 0. The number of pyridine rings is 2. The normalized spacial score (nSPS) is 11.6. The SMILES string of the molecule is CC(C)c1cccc(C(C)C)c1-n1c(-c2[c-]ccc3c2sc2nc(-c4ccc(F)cc4)ccc23)nc2ccccc21.C[Si](C)(C)c1ccc(-c2[c-]cccc2)nc1.[Ir]. The molecule has 4 heterocycles. The van der Waals surface area contributed by atoms with Crippen LogP contribution in [0, 0.1) is 17.9 Å². The van der Waals surface area contributed by atoms with Crippen molar-refractivity contribution in [2.45, 2.75) is 59.2 Å². The molecule has 0 N–H and O–H groups in total. The van der Waals surface area contributed by atoms with Crippen LogP contribution in [0.3, 0.4) is 0 Å². The number of para-hydroxylation sites is 3. The number of benzene rings is 5. The first-order valence-corrected chi connectivity index (χ1v) is 23.8. The van der Waals surface area contributed by atoms with E-state index < -0.39 is 8.07 Å². The molecule has 0 saturated heterocycles. The number of aromatic nitrogens is 4. The Bertz CT molecular complexity index is 2810. The second-order valence-corrected chi connectivity index (χ2v) is 22.1. The van der Waals surface area contributed by atoms with Gasteiger partial charge in [0.1, 0.15) is 10.6 Å². The van der Waals surface area contributed by atoms with Crippen LogP contribution in [0.4, 0.5) is 4.39 Å². The average molecular weight is 973 g/mol. The molecule has 0 unspecified atom stereocenters. The molecule has 0 saturated carbocycles. The minimum Gasteiger partial charge on any atom is -0.333 e. The van der Waals surface area contributed by atoms with E-state index in [9.17, 15) is 4.39 Å². The van der Waals surface area contributed by atoms with Gasteiger partial charge in [-0.2, -0.15) is 11.3 Å². The molecule has 0 spiro atoms. The maximum Gasteiger partial charge on any atom is 0.123 e. The maximum atomic E-state index is 13.5. The van der Waals surface area contributed by atoms with Crippen molar-refractivity contribution in [3.8, 4) is 39.6 Å². The summed E-state index contributed by atoms with van der Waals surface area (Å²) in [5.74, 6) is 1.32. The third-order valence-electron chi connectivity index (χ3n) is 10.4. The number of halogens is 1. The number of thiophene rings is 1. The zero-order valence-electron chi connectivity index (χ0n) is 33.8. The zero-order chi connectivity index (χ0) is 39.8. The van der Waals surface area contributed by atoms with Crippen LogP contribution in [0.2, 0.25) is 19.6 Å². The van der Waals surface area contributed by atoms with E-state index in [1.54, 1.807) is 23.5 Å². The van der Waals surface area contributed by atoms with Crippen molar-refractivity contribution in [1.82, 2.24) is 19.5 Å². The van der Waals surface area contributed by atoms with Crippen LogP contribution in [0.5, 0.6) is 0 Å². The Hall–Kier alpha value is -5.11. The van der Waals surface area contributed by atoms with Gasteiger partial charge in [0.2, 0.25) is 0 Å². The number of fused-ring (bicyclic) bond motifs is 4. The van der Waals surface area contributed by atoms with Gasteiger partial charge in [-0.05, 0) is 86.4 Å². The summed E-state index contributed by atoms with van der Waals surface area (Å²) in [5.41, 5.74) is 10.6. The van der Waals surface area contributed by atoms with Crippen LogP contribution in [-0.2, 0) is 20.1 Å². The molecule has 0 aliphatic rings. The van der Waals surface area contributed by atoms with Gasteiger partial charge in [0, 0.05) is 37.6 Å². The molecule has 0 fully saturated rings.